The number of fused-ring (bicyclic) bond motifs is 2. The largest absolute Gasteiger partial charge is 0.361 e. The molecule has 2 heterocycles. The molecule has 1 aliphatic heterocycles. The van der Waals surface area contributed by atoms with Gasteiger partial charge >= 0.3 is 0 Å². The molecule has 2 aliphatic rings. The molecule has 1 aromatic heterocycles. The van der Waals surface area contributed by atoms with Gasteiger partial charge in [-0.05, 0) is 50.0 Å². The Balaban J connectivity index is 1.47. The average Bonchev–Trinajstić information content (AvgIpc) is 3.11. The maximum Gasteiger partial charge on any atom is 0.0456 e. The van der Waals surface area contributed by atoms with Gasteiger partial charge < -0.3 is 9.88 Å². The van der Waals surface area contributed by atoms with E-state index >= 15 is 0 Å². The van der Waals surface area contributed by atoms with Gasteiger partial charge in [0.05, 0.1) is 0 Å². The van der Waals surface area contributed by atoms with Crippen LogP contribution in [0.4, 0.5) is 0 Å². The minimum atomic E-state index is 0.354. The smallest absolute Gasteiger partial charge is 0.0456 e. The van der Waals surface area contributed by atoms with E-state index in [0.717, 1.165) is 18.9 Å². The maximum absolute atomic E-state index is 3.46. The first-order valence-electron chi connectivity index (χ1n) is 9.69. The molecular weight excluding hydrogens is 318 g/mol. The lowest BCUT2D eigenvalue weighted by Gasteiger charge is -2.36. The highest BCUT2D eigenvalue weighted by molar-refractivity contribution is 5.83. The van der Waals surface area contributed by atoms with Crippen LogP contribution in [0, 0.1) is 5.92 Å². The molecule has 0 unspecified atom stereocenters. The van der Waals surface area contributed by atoms with Gasteiger partial charge in [-0.1, -0.05) is 48.5 Å². The summed E-state index contributed by atoms with van der Waals surface area (Å²) < 4.78 is 0. The SMILES string of the molecule is CN(C)[C@@]12C[C@@H]1CN(Cc1ccccc1)[C@H]2Cc1c[nH]c2ccccc12. The molecule has 1 saturated heterocycles. The molecule has 1 N–H and O–H groups in total. The zero-order chi connectivity index (χ0) is 17.7. The predicted molar refractivity (Wildman–Crippen MR) is 107 cm³/mol. The minimum absolute atomic E-state index is 0.354. The second-order valence-corrected chi connectivity index (χ2v) is 8.28. The van der Waals surface area contributed by atoms with Crippen molar-refractivity contribution in [3.63, 3.8) is 0 Å². The molecule has 5 rings (SSSR count). The number of hydrogen-bond acceptors (Lipinski definition) is 2. The quantitative estimate of drug-likeness (QED) is 0.757. The number of likely N-dealkylation sites (N-methyl/N-ethyl adjacent to an activating group) is 1. The summed E-state index contributed by atoms with van der Waals surface area (Å²) in [5.74, 6) is 0.816. The van der Waals surface area contributed by atoms with Crippen molar-refractivity contribution < 1.29 is 0 Å². The summed E-state index contributed by atoms with van der Waals surface area (Å²) in [6.07, 6.45) is 4.69. The maximum atomic E-state index is 3.46. The van der Waals surface area contributed by atoms with Crippen molar-refractivity contribution in [1.82, 2.24) is 14.8 Å². The molecule has 134 valence electrons. The number of nitrogens with zero attached hydrogens (tertiary/aromatic N) is 2. The predicted octanol–water partition coefficient (Wildman–Crippen LogP) is 3.92. The van der Waals surface area contributed by atoms with Crippen LogP contribution < -0.4 is 0 Å². The van der Waals surface area contributed by atoms with Crippen LogP contribution in [0.3, 0.4) is 0 Å². The number of nitrogens with one attached hydrogen (secondary N) is 1. The number of likely N-dealkylation sites (tertiary alicyclic amines) is 1. The third kappa shape index (κ3) is 2.42. The number of piperidine rings is 1. The van der Waals surface area contributed by atoms with Crippen molar-refractivity contribution in [3.8, 4) is 0 Å². The summed E-state index contributed by atoms with van der Waals surface area (Å²) in [6.45, 7) is 2.28. The lowest BCUT2D eigenvalue weighted by molar-refractivity contribution is 0.133. The number of para-hydroxylation sites is 1. The van der Waals surface area contributed by atoms with Gasteiger partial charge in [0.15, 0.2) is 0 Å². The zero-order valence-corrected chi connectivity index (χ0v) is 15.7. The van der Waals surface area contributed by atoms with Gasteiger partial charge in [0, 0.05) is 41.8 Å². The summed E-state index contributed by atoms with van der Waals surface area (Å²) in [4.78, 5) is 8.69. The van der Waals surface area contributed by atoms with E-state index < -0.39 is 0 Å². The van der Waals surface area contributed by atoms with Gasteiger partial charge in [-0.3, -0.25) is 4.90 Å². The standard InChI is InChI=1S/C23H27N3/c1-25(2)23-13-19(23)16-26(15-17-8-4-3-5-9-17)22(23)12-18-14-24-21-11-7-6-10-20(18)21/h3-11,14,19,22,24H,12-13,15-16H2,1-2H3/t19-,22+,23+/m1/s1. The molecule has 3 nitrogen and oxygen atoms in total. The normalized spacial score (nSPS) is 28.0. The number of hydrogen-bond donors (Lipinski definition) is 1. The molecule has 2 aromatic carbocycles. The fourth-order valence-corrected chi connectivity index (χ4v) is 5.35. The second kappa shape index (κ2) is 5.97. The number of H-pyrrole nitrogens is 1. The molecule has 1 saturated carbocycles. The van der Waals surface area contributed by atoms with Gasteiger partial charge in [-0.2, -0.15) is 0 Å². The van der Waals surface area contributed by atoms with Gasteiger partial charge in [-0.15, -0.1) is 0 Å². The summed E-state index contributed by atoms with van der Waals surface area (Å²) in [7, 11) is 4.54. The summed E-state index contributed by atoms with van der Waals surface area (Å²) in [5, 5.41) is 1.38. The molecule has 0 amide bonds. The number of aromatic nitrogens is 1. The topological polar surface area (TPSA) is 22.3 Å². The van der Waals surface area contributed by atoms with Crippen molar-refractivity contribution >= 4 is 10.9 Å². The fraction of sp³-hybridized carbons (Fsp3) is 0.391. The number of benzene rings is 2. The van der Waals surface area contributed by atoms with Gasteiger partial charge in [0.1, 0.15) is 0 Å². The Morgan fingerprint density at radius 1 is 1.08 bits per heavy atom. The molecule has 26 heavy (non-hydrogen) atoms. The van der Waals surface area contributed by atoms with Crippen LogP contribution in [-0.2, 0) is 13.0 Å². The van der Waals surface area contributed by atoms with Crippen molar-refractivity contribution in [2.45, 2.75) is 31.0 Å². The van der Waals surface area contributed by atoms with E-state index in [9.17, 15) is 0 Å². The zero-order valence-electron chi connectivity index (χ0n) is 15.7. The van der Waals surface area contributed by atoms with Gasteiger partial charge in [0.2, 0.25) is 0 Å². The molecule has 0 radical (unpaired) electrons. The van der Waals surface area contributed by atoms with Crippen LogP contribution >= 0.6 is 0 Å². The van der Waals surface area contributed by atoms with Gasteiger partial charge in [-0.25, -0.2) is 0 Å². The Hall–Kier alpha value is -2.10. The monoisotopic (exact) mass is 345 g/mol. The Morgan fingerprint density at radius 3 is 2.65 bits per heavy atom. The third-order valence-corrected chi connectivity index (χ3v) is 6.74. The summed E-state index contributed by atoms with van der Waals surface area (Å²) in [6, 6.07) is 20.2. The molecule has 1 aliphatic carbocycles. The van der Waals surface area contributed by atoms with E-state index in [1.165, 1.54) is 35.0 Å². The molecule has 2 fully saturated rings. The van der Waals surface area contributed by atoms with Crippen LogP contribution in [0.5, 0.6) is 0 Å². The Kier molecular flexibility index (Phi) is 3.70. The molecular formula is C23H27N3. The molecule has 3 heteroatoms. The lowest BCUT2D eigenvalue weighted by atomic mass is 9.95. The highest BCUT2D eigenvalue weighted by Gasteiger charge is 2.66. The number of aromatic amines is 1. The Bertz CT molecular complexity index is 913. The average molecular weight is 345 g/mol. The van der Waals surface area contributed by atoms with E-state index in [2.05, 4.69) is 89.7 Å². The summed E-state index contributed by atoms with van der Waals surface area (Å²) in [5.41, 5.74) is 4.48. The number of rotatable bonds is 5. The van der Waals surface area contributed by atoms with Crippen molar-refractivity contribution in [3.05, 3.63) is 71.9 Å². The van der Waals surface area contributed by atoms with Crippen LogP contribution in [0.15, 0.2) is 60.8 Å². The first-order valence-corrected chi connectivity index (χ1v) is 9.69. The highest BCUT2D eigenvalue weighted by Crippen LogP contribution is 2.57. The lowest BCUT2D eigenvalue weighted by Crippen LogP contribution is -2.48. The van der Waals surface area contributed by atoms with E-state index in [0.29, 0.717) is 11.6 Å². The first kappa shape index (κ1) is 16.1. The second-order valence-electron chi connectivity index (χ2n) is 8.28. The first-order chi connectivity index (χ1) is 12.7. The Labute approximate surface area is 155 Å². The highest BCUT2D eigenvalue weighted by atomic mass is 15.3. The van der Waals surface area contributed by atoms with E-state index in [-0.39, 0.29) is 0 Å². The Morgan fingerprint density at radius 2 is 1.85 bits per heavy atom. The third-order valence-electron chi connectivity index (χ3n) is 6.74. The van der Waals surface area contributed by atoms with Crippen molar-refractivity contribution in [1.29, 1.82) is 0 Å². The van der Waals surface area contributed by atoms with E-state index in [4.69, 9.17) is 0 Å². The van der Waals surface area contributed by atoms with Crippen molar-refractivity contribution in [2.75, 3.05) is 20.6 Å². The summed E-state index contributed by atoms with van der Waals surface area (Å²) >= 11 is 0. The van der Waals surface area contributed by atoms with Crippen LogP contribution in [0.1, 0.15) is 17.5 Å². The van der Waals surface area contributed by atoms with Crippen LogP contribution in [0.25, 0.3) is 10.9 Å². The molecule has 3 aromatic rings. The van der Waals surface area contributed by atoms with Crippen molar-refractivity contribution in [2.24, 2.45) is 5.92 Å². The van der Waals surface area contributed by atoms with Gasteiger partial charge in [0.25, 0.3) is 0 Å². The fourth-order valence-electron chi connectivity index (χ4n) is 5.35. The molecule has 0 spiro atoms. The minimum Gasteiger partial charge on any atom is -0.361 e. The van der Waals surface area contributed by atoms with Crippen LogP contribution in [-0.4, -0.2) is 47.0 Å². The van der Waals surface area contributed by atoms with E-state index in [1.54, 1.807) is 0 Å². The van der Waals surface area contributed by atoms with E-state index in [1.807, 2.05) is 0 Å². The van der Waals surface area contributed by atoms with Crippen LogP contribution in [0.2, 0.25) is 0 Å². The molecule has 3 atom stereocenters. The molecule has 0 bridgehead atoms.